The van der Waals surface area contributed by atoms with Gasteiger partial charge in [0.25, 0.3) is 5.69 Å². The number of thioether (sulfide) groups is 1. The van der Waals surface area contributed by atoms with Gasteiger partial charge in [0.1, 0.15) is 11.0 Å². The first-order valence-corrected chi connectivity index (χ1v) is 9.98. The second-order valence-electron chi connectivity index (χ2n) is 6.51. The van der Waals surface area contributed by atoms with Crippen LogP contribution in [-0.4, -0.2) is 34.3 Å². The summed E-state index contributed by atoms with van der Waals surface area (Å²) in [5.41, 5.74) is 1.17. The number of carbonyl (C=O) groups is 2. The van der Waals surface area contributed by atoms with Crippen molar-refractivity contribution in [2.45, 2.75) is 24.6 Å². The molecule has 0 aliphatic carbocycles. The van der Waals surface area contributed by atoms with Crippen molar-refractivity contribution in [2.75, 3.05) is 12.4 Å². The molecule has 30 heavy (non-hydrogen) atoms. The average Bonchev–Trinajstić information content (AvgIpc) is 3.07. The molecular weight excluding hydrogens is 408 g/mol. The second kappa shape index (κ2) is 9.40. The Labute approximate surface area is 177 Å². The van der Waals surface area contributed by atoms with Crippen LogP contribution < -0.4 is 15.4 Å². The van der Waals surface area contributed by atoms with Crippen LogP contribution in [0, 0.1) is 10.1 Å². The Bertz CT molecular complexity index is 996. The Kier molecular flexibility index (Phi) is 6.68. The van der Waals surface area contributed by atoms with Crippen LogP contribution in [-0.2, 0) is 9.59 Å². The van der Waals surface area contributed by atoms with Gasteiger partial charge in [-0.15, -0.1) is 0 Å². The molecule has 1 fully saturated rings. The molecule has 2 atom stereocenters. The molecule has 2 unspecified atom stereocenters. The minimum Gasteiger partial charge on any atom is -0.494 e. The second-order valence-corrected chi connectivity index (χ2v) is 7.70. The number of non-ortho nitro benzene ring substituents is 1. The molecule has 0 aromatic heterocycles. The fourth-order valence-electron chi connectivity index (χ4n) is 2.85. The predicted molar refractivity (Wildman–Crippen MR) is 115 cm³/mol. The van der Waals surface area contributed by atoms with Crippen molar-refractivity contribution in [1.82, 2.24) is 5.32 Å². The number of carbonyl (C=O) groups excluding carboxylic acids is 2. The van der Waals surface area contributed by atoms with Crippen molar-refractivity contribution >= 4 is 40.1 Å². The molecule has 2 amide bonds. The molecule has 2 N–H and O–H groups in total. The summed E-state index contributed by atoms with van der Waals surface area (Å²) in [5.74, 6) is -0.531. The van der Waals surface area contributed by atoms with Crippen LogP contribution in [0.2, 0.25) is 0 Å². The summed E-state index contributed by atoms with van der Waals surface area (Å²) in [6.45, 7) is 1.93. The lowest BCUT2D eigenvalue weighted by Crippen LogP contribution is -2.28. The summed E-state index contributed by atoms with van der Waals surface area (Å²) in [6.07, 6.45) is -0.0740. The third-order valence-electron chi connectivity index (χ3n) is 4.41. The van der Waals surface area contributed by atoms with Gasteiger partial charge in [-0.1, -0.05) is 42.1 Å². The summed E-state index contributed by atoms with van der Waals surface area (Å²) >= 11 is 1.20. The molecule has 2 aromatic carbocycles. The summed E-state index contributed by atoms with van der Waals surface area (Å²) in [7, 11) is 1.35. The summed E-state index contributed by atoms with van der Waals surface area (Å²) < 4.78 is 5.11. The van der Waals surface area contributed by atoms with E-state index in [2.05, 4.69) is 15.6 Å². The summed E-state index contributed by atoms with van der Waals surface area (Å²) in [5, 5.41) is 16.1. The van der Waals surface area contributed by atoms with Gasteiger partial charge in [-0.05, 0) is 18.6 Å². The van der Waals surface area contributed by atoms with E-state index in [-0.39, 0.29) is 29.8 Å². The zero-order chi connectivity index (χ0) is 21.7. The number of aliphatic imine (C=N–C) groups is 1. The fraction of sp³-hybridized carbons (Fsp3) is 0.250. The third kappa shape index (κ3) is 5.15. The Morgan fingerprint density at radius 1 is 1.33 bits per heavy atom. The number of amides is 2. The third-order valence-corrected chi connectivity index (χ3v) is 5.51. The first-order chi connectivity index (χ1) is 14.4. The molecule has 2 aromatic rings. The SMILES string of the molecule is COc1cc([N+](=O)[O-])ccc1NC(=O)CC1SC(=NC(C)c2ccccc2)NC1=O. The minimum absolute atomic E-state index is 0.0740. The zero-order valence-electron chi connectivity index (χ0n) is 16.3. The number of anilines is 1. The molecule has 0 spiro atoms. The number of amidine groups is 1. The lowest BCUT2D eigenvalue weighted by atomic mass is 10.1. The highest BCUT2D eigenvalue weighted by atomic mass is 32.2. The monoisotopic (exact) mass is 428 g/mol. The lowest BCUT2D eigenvalue weighted by Gasteiger charge is -2.11. The van der Waals surface area contributed by atoms with Crippen molar-refractivity contribution in [3.05, 3.63) is 64.2 Å². The Morgan fingerprint density at radius 3 is 2.73 bits per heavy atom. The molecule has 1 saturated heterocycles. The van der Waals surface area contributed by atoms with E-state index in [0.717, 1.165) is 5.56 Å². The van der Waals surface area contributed by atoms with Crippen molar-refractivity contribution < 1.29 is 19.2 Å². The summed E-state index contributed by atoms with van der Waals surface area (Å²) in [4.78, 5) is 39.5. The number of methoxy groups -OCH3 is 1. The molecule has 0 saturated carbocycles. The van der Waals surface area contributed by atoms with Gasteiger partial charge in [0.15, 0.2) is 5.17 Å². The lowest BCUT2D eigenvalue weighted by molar-refractivity contribution is -0.384. The molecule has 0 bridgehead atoms. The fourth-order valence-corrected chi connectivity index (χ4v) is 3.90. The first kappa shape index (κ1) is 21.3. The van der Waals surface area contributed by atoms with E-state index in [0.29, 0.717) is 10.9 Å². The van der Waals surface area contributed by atoms with Crippen molar-refractivity contribution in [2.24, 2.45) is 4.99 Å². The van der Waals surface area contributed by atoms with E-state index in [1.807, 2.05) is 37.3 Å². The maximum atomic E-state index is 12.4. The van der Waals surface area contributed by atoms with Crippen molar-refractivity contribution in [1.29, 1.82) is 0 Å². The number of hydrogen-bond acceptors (Lipinski definition) is 7. The number of nitro benzene ring substituents is 1. The van der Waals surface area contributed by atoms with Crippen molar-refractivity contribution in [3.63, 3.8) is 0 Å². The van der Waals surface area contributed by atoms with E-state index in [1.165, 1.54) is 37.1 Å². The van der Waals surface area contributed by atoms with E-state index in [9.17, 15) is 19.7 Å². The predicted octanol–water partition coefficient (Wildman–Crippen LogP) is 3.28. The van der Waals surface area contributed by atoms with Gasteiger partial charge in [-0.3, -0.25) is 24.7 Å². The number of rotatable bonds is 7. The molecule has 1 heterocycles. The van der Waals surface area contributed by atoms with E-state index in [4.69, 9.17) is 4.74 Å². The van der Waals surface area contributed by atoms with Gasteiger partial charge in [0.05, 0.1) is 29.8 Å². The van der Waals surface area contributed by atoms with Gasteiger partial charge in [0.2, 0.25) is 11.8 Å². The zero-order valence-corrected chi connectivity index (χ0v) is 17.1. The molecular formula is C20H20N4O5S. The van der Waals surface area contributed by atoms with Crippen molar-refractivity contribution in [3.8, 4) is 5.75 Å². The van der Waals surface area contributed by atoms with E-state index in [1.54, 1.807) is 0 Å². The molecule has 1 aliphatic rings. The number of nitrogens with zero attached hydrogens (tertiary/aromatic N) is 2. The first-order valence-electron chi connectivity index (χ1n) is 9.10. The number of ether oxygens (including phenoxy) is 1. The van der Waals surface area contributed by atoms with Gasteiger partial charge < -0.3 is 15.4 Å². The van der Waals surface area contributed by atoms with Crippen LogP contribution in [0.1, 0.15) is 24.9 Å². The summed E-state index contributed by atoms with van der Waals surface area (Å²) in [6, 6.07) is 13.4. The highest BCUT2D eigenvalue weighted by Gasteiger charge is 2.32. The normalized spacial score (nSPS) is 18.0. The Hall–Kier alpha value is -3.40. The average molecular weight is 428 g/mol. The maximum absolute atomic E-state index is 12.4. The number of nitro groups is 1. The number of hydrogen-bond donors (Lipinski definition) is 2. The quantitative estimate of drug-likeness (QED) is 0.515. The largest absolute Gasteiger partial charge is 0.494 e. The smallest absolute Gasteiger partial charge is 0.273 e. The molecule has 0 radical (unpaired) electrons. The van der Waals surface area contributed by atoms with Crippen LogP contribution in [0.4, 0.5) is 11.4 Å². The molecule has 156 valence electrons. The van der Waals surface area contributed by atoms with E-state index < -0.39 is 16.1 Å². The Balaban J connectivity index is 1.63. The van der Waals surface area contributed by atoms with Crippen LogP contribution in [0.3, 0.4) is 0 Å². The molecule has 10 heteroatoms. The number of benzene rings is 2. The van der Waals surface area contributed by atoms with Gasteiger partial charge in [-0.25, -0.2) is 0 Å². The minimum atomic E-state index is -0.615. The van der Waals surface area contributed by atoms with E-state index >= 15 is 0 Å². The molecule has 9 nitrogen and oxygen atoms in total. The van der Waals surface area contributed by atoms with Gasteiger partial charge in [-0.2, -0.15) is 0 Å². The maximum Gasteiger partial charge on any atom is 0.273 e. The molecule has 1 aliphatic heterocycles. The Morgan fingerprint density at radius 2 is 2.07 bits per heavy atom. The molecule has 3 rings (SSSR count). The van der Waals surface area contributed by atoms with Crippen LogP contribution in [0.5, 0.6) is 5.75 Å². The van der Waals surface area contributed by atoms with Crippen LogP contribution >= 0.6 is 11.8 Å². The van der Waals surface area contributed by atoms with Crippen LogP contribution in [0.15, 0.2) is 53.5 Å². The highest BCUT2D eigenvalue weighted by Crippen LogP contribution is 2.30. The van der Waals surface area contributed by atoms with Crippen LogP contribution in [0.25, 0.3) is 0 Å². The standard InChI is InChI=1S/C20H20N4O5S/c1-12(13-6-4-3-5-7-13)21-20-23-19(26)17(30-20)11-18(25)22-15-9-8-14(24(27)28)10-16(15)29-2/h3-10,12,17H,11H2,1-2H3,(H,22,25)(H,21,23,26). The highest BCUT2D eigenvalue weighted by molar-refractivity contribution is 8.15. The van der Waals surface area contributed by atoms with Gasteiger partial charge >= 0.3 is 0 Å². The topological polar surface area (TPSA) is 123 Å². The number of nitrogens with one attached hydrogen (secondary N) is 2. The van der Waals surface area contributed by atoms with Gasteiger partial charge in [0, 0.05) is 12.5 Å².